The molecule has 1 heterocycles. The van der Waals surface area contributed by atoms with Crippen LogP contribution in [0.1, 0.15) is 63.5 Å². The minimum atomic E-state index is 0.121. The largest absolute Gasteiger partial charge is 0.369 e. The topological polar surface area (TPSA) is 38.8 Å². The maximum Gasteiger partial charge on any atom is 0.317 e. The normalized spacial score (nSPS) is 24.1. The fourth-order valence-corrected chi connectivity index (χ4v) is 5.85. The van der Waals surface area contributed by atoms with E-state index in [1.807, 2.05) is 18.7 Å². The van der Waals surface area contributed by atoms with Gasteiger partial charge in [0.1, 0.15) is 0 Å². The molecule has 0 radical (unpaired) electrons. The Balaban J connectivity index is 1.15. The summed E-state index contributed by atoms with van der Waals surface area (Å²) in [7, 11) is 0. The van der Waals surface area contributed by atoms with Crippen molar-refractivity contribution in [2.45, 2.75) is 71.3 Å². The first kappa shape index (κ1) is 22.4. The number of fused-ring (bicyclic) bond motifs is 1. The second kappa shape index (κ2) is 10.7. The summed E-state index contributed by atoms with van der Waals surface area (Å²) in [6, 6.07) is 7.42. The lowest BCUT2D eigenvalue weighted by atomic mass is 9.84. The molecule has 172 valence electrons. The molecule has 1 saturated carbocycles. The molecule has 2 fully saturated rings. The summed E-state index contributed by atoms with van der Waals surface area (Å²) < 4.78 is 0. The number of hydrogen-bond acceptors (Lipinski definition) is 3. The van der Waals surface area contributed by atoms with E-state index in [0.717, 1.165) is 31.8 Å². The average molecular weight is 427 g/mol. The van der Waals surface area contributed by atoms with Crippen molar-refractivity contribution in [3.05, 3.63) is 29.3 Å². The number of carbonyl (C=O) groups is 1. The lowest BCUT2D eigenvalue weighted by molar-refractivity contribution is 0.185. The van der Waals surface area contributed by atoms with Crippen LogP contribution in [0.4, 0.5) is 10.5 Å². The molecule has 5 nitrogen and oxygen atoms in total. The number of nitrogens with zero attached hydrogens (tertiary/aromatic N) is 3. The van der Waals surface area contributed by atoms with Gasteiger partial charge < -0.3 is 15.1 Å². The highest BCUT2D eigenvalue weighted by molar-refractivity contribution is 5.74. The molecule has 0 bridgehead atoms. The molecule has 31 heavy (non-hydrogen) atoms. The van der Waals surface area contributed by atoms with Crippen molar-refractivity contribution in [2.24, 2.45) is 5.92 Å². The van der Waals surface area contributed by atoms with Crippen molar-refractivity contribution in [1.82, 2.24) is 15.1 Å². The zero-order valence-corrected chi connectivity index (χ0v) is 19.7. The summed E-state index contributed by atoms with van der Waals surface area (Å²) in [6.07, 6.45) is 9.99. The number of nitrogens with one attached hydrogen (secondary N) is 1. The molecule has 2 amide bonds. The molecule has 1 aromatic rings. The minimum Gasteiger partial charge on any atom is -0.369 e. The number of carbonyl (C=O) groups excluding carboxylic acids is 1. The lowest BCUT2D eigenvalue weighted by Gasteiger charge is -2.38. The summed E-state index contributed by atoms with van der Waals surface area (Å²) in [6.45, 7) is 11.6. The minimum absolute atomic E-state index is 0.121. The Morgan fingerprint density at radius 1 is 1.03 bits per heavy atom. The molecule has 5 heteroatoms. The maximum atomic E-state index is 12.3. The van der Waals surface area contributed by atoms with Gasteiger partial charge in [0.15, 0.2) is 0 Å². The number of piperazine rings is 1. The second-order valence-corrected chi connectivity index (χ2v) is 9.73. The summed E-state index contributed by atoms with van der Waals surface area (Å²) >= 11 is 0. The van der Waals surface area contributed by atoms with Crippen molar-refractivity contribution in [3.63, 3.8) is 0 Å². The van der Waals surface area contributed by atoms with Gasteiger partial charge in [-0.1, -0.05) is 12.1 Å². The zero-order chi connectivity index (χ0) is 21.6. The first-order chi connectivity index (χ1) is 15.2. The van der Waals surface area contributed by atoms with Crippen LogP contribution in [0.3, 0.4) is 0 Å². The number of hydrogen-bond donors (Lipinski definition) is 1. The van der Waals surface area contributed by atoms with Crippen LogP contribution in [0, 0.1) is 5.92 Å². The van der Waals surface area contributed by atoms with Crippen LogP contribution in [-0.4, -0.2) is 67.7 Å². The van der Waals surface area contributed by atoms with Gasteiger partial charge in [-0.15, -0.1) is 0 Å². The smallest absolute Gasteiger partial charge is 0.317 e. The Labute approximate surface area is 189 Å². The Morgan fingerprint density at radius 3 is 2.48 bits per heavy atom. The predicted molar refractivity (Wildman–Crippen MR) is 129 cm³/mol. The molecule has 0 atom stereocenters. The van der Waals surface area contributed by atoms with Crippen LogP contribution in [0.25, 0.3) is 0 Å². The molecular formula is C26H42N4O. The second-order valence-electron chi connectivity index (χ2n) is 9.73. The van der Waals surface area contributed by atoms with Crippen molar-refractivity contribution in [3.8, 4) is 0 Å². The molecule has 1 aromatic carbocycles. The van der Waals surface area contributed by atoms with Gasteiger partial charge in [0, 0.05) is 51.0 Å². The summed E-state index contributed by atoms with van der Waals surface area (Å²) in [4.78, 5) is 19.5. The molecule has 0 unspecified atom stereocenters. The van der Waals surface area contributed by atoms with Crippen molar-refractivity contribution >= 4 is 11.7 Å². The molecule has 1 N–H and O–H groups in total. The average Bonchev–Trinajstić information content (AvgIpc) is 3.29. The standard InChI is InChI=1S/C26H42N4O/c1-3-29(4-2)26(31)27-23-13-11-21(12-14-23)15-16-28-17-19-30(20-18-28)25-10-6-8-22-7-5-9-24(22)25/h6,8,10,21,23H,3-5,7,9,11-20H2,1-2H3,(H,27,31)/t21-,23-. The highest BCUT2D eigenvalue weighted by Gasteiger charge is 2.26. The zero-order valence-electron chi connectivity index (χ0n) is 19.7. The van der Waals surface area contributed by atoms with E-state index in [9.17, 15) is 4.79 Å². The summed E-state index contributed by atoms with van der Waals surface area (Å²) in [5.41, 5.74) is 4.73. The number of rotatable bonds is 7. The third-order valence-corrected chi connectivity index (χ3v) is 7.91. The Morgan fingerprint density at radius 2 is 1.77 bits per heavy atom. The lowest BCUT2D eigenvalue weighted by Crippen LogP contribution is -2.47. The van der Waals surface area contributed by atoms with E-state index in [1.54, 1.807) is 11.1 Å². The number of aryl methyl sites for hydroxylation is 1. The number of urea groups is 1. The number of benzene rings is 1. The van der Waals surface area contributed by atoms with Gasteiger partial charge in [0.05, 0.1) is 0 Å². The molecule has 0 aromatic heterocycles. The summed E-state index contributed by atoms with van der Waals surface area (Å²) in [5, 5.41) is 3.26. The Hall–Kier alpha value is -1.75. The van der Waals surface area contributed by atoms with Crippen LogP contribution in [0.15, 0.2) is 18.2 Å². The van der Waals surface area contributed by atoms with Crippen molar-refractivity contribution in [2.75, 3.05) is 50.7 Å². The van der Waals surface area contributed by atoms with E-state index in [-0.39, 0.29) is 6.03 Å². The first-order valence-corrected chi connectivity index (χ1v) is 12.8. The van der Waals surface area contributed by atoms with Gasteiger partial charge in [-0.2, -0.15) is 0 Å². The van der Waals surface area contributed by atoms with Crippen LogP contribution >= 0.6 is 0 Å². The van der Waals surface area contributed by atoms with Gasteiger partial charge >= 0.3 is 6.03 Å². The van der Waals surface area contributed by atoms with E-state index in [0.29, 0.717) is 6.04 Å². The molecule has 1 saturated heterocycles. The molecular weight excluding hydrogens is 384 g/mol. The number of amides is 2. The molecule has 4 rings (SSSR count). The van der Waals surface area contributed by atoms with Crippen LogP contribution in [0.5, 0.6) is 0 Å². The summed E-state index contributed by atoms with van der Waals surface area (Å²) in [5.74, 6) is 0.831. The van der Waals surface area contributed by atoms with Crippen molar-refractivity contribution in [1.29, 1.82) is 0 Å². The van der Waals surface area contributed by atoms with E-state index >= 15 is 0 Å². The SMILES string of the molecule is CCN(CC)C(=O)N[C@H]1CC[C@H](CCN2CCN(c3cccc4c3CCC4)CC2)CC1. The van der Waals surface area contributed by atoms with Crippen LogP contribution < -0.4 is 10.2 Å². The maximum absolute atomic E-state index is 12.3. The van der Waals surface area contributed by atoms with Gasteiger partial charge in [0.25, 0.3) is 0 Å². The predicted octanol–water partition coefficient (Wildman–Crippen LogP) is 4.30. The monoisotopic (exact) mass is 426 g/mol. The van der Waals surface area contributed by atoms with E-state index in [1.165, 1.54) is 76.9 Å². The highest BCUT2D eigenvalue weighted by Crippen LogP contribution is 2.32. The van der Waals surface area contributed by atoms with E-state index in [2.05, 4.69) is 33.3 Å². The fourth-order valence-electron chi connectivity index (χ4n) is 5.85. The fraction of sp³-hybridized carbons (Fsp3) is 0.731. The van der Waals surface area contributed by atoms with Crippen LogP contribution in [0.2, 0.25) is 0 Å². The third-order valence-electron chi connectivity index (χ3n) is 7.91. The molecule has 2 aliphatic carbocycles. The number of anilines is 1. The van der Waals surface area contributed by atoms with E-state index in [4.69, 9.17) is 0 Å². The Kier molecular flexibility index (Phi) is 7.76. The Bertz CT molecular complexity index is 716. The molecule has 3 aliphatic rings. The van der Waals surface area contributed by atoms with Gasteiger partial charge in [-0.3, -0.25) is 4.90 Å². The third kappa shape index (κ3) is 5.54. The van der Waals surface area contributed by atoms with Gasteiger partial charge in [-0.05, 0) is 94.9 Å². The molecule has 1 aliphatic heterocycles. The van der Waals surface area contributed by atoms with Crippen molar-refractivity contribution < 1.29 is 4.79 Å². The van der Waals surface area contributed by atoms with Gasteiger partial charge in [-0.25, -0.2) is 4.79 Å². The molecule has 0 spiro atoms. The quantitative estimate of drug-likeness (QED) is 0.707. The highest BCUT2D eigenvalue weighted by atomic mass is 16.2. The van der Waals surface area contributed by atoms with E-state index < -0.39 is 0 Å². The van der Waals surface area contributed by atoms with Gasteiger partial charge in [0.2, 0.25) is 0 Å². The first-order valence-electron chi connectivity index (χ1n) is 12.8. The van der Waals surface area contributed by atoms with Crippen LogP contribution in [-0.2, 0) is 12.8 Å².